The molecule has 11 heteroatoms. The number of alkyl halides is 2. The summed E-state index contributed by atoms with van der Waals surface area (Å²) in [5.41, 5.74) is 2.44. The van der Waals surface area contributed by atoms with Gasteiger partial charge in [0.15, 0.2) is 5.82 Å². The average molecular weight is 507 g/mol. The van der Waals surface area contributed by atoms with Crippen molar-refractivity contribution in [3.05, 3.63) is 75.3 Å². The predicted molar refractivity (Wildman–Crippen MR) is 122 cm³/mol. The van der Waals surface area contributed by atoms with Crippen LogP contribution in [0.4, 0.5) is 13.2 Å². The molecule has 0 amide bonds. The molecule has 3 heterocycles. The van der Waals surface area contributed by atoms with Crippen molar-refractivity contribution in [3.63, 3.8) is 0 Å². The standard InChI is InChI=1S/C23H19Cl2F3N6/c1-12-19(24)22(23(27)28)34(31-12)18-9-16(29-11-30-18)8-17-20(25)21(14-4-6-15(26)7-5-14)33(32-17)10-13-2-3-13/h4-7,9,11,13,23H,2-3,8,10H2,1H3. The van der Waals surface area contributed by atoms with Crippen LogP contribution in [0.25, 0.3) is 17.1 Å². The summed E-state index contributed by atoms with van der Waals surface area (Å²) in [6.07, 6.45) is 0.962. The lowest BCUT2D eigenvalue weighted by atomic mass is 10.1. The van der Waals surface area contributed by atoms with Gasteiger partial charge < -0.3 is 0 Å². The predicted octanol–water partition coefficient (Wildman–Crippen LogP) is 6.22. The van der Waals surface area contributed by atoms with E-state index in [9.17, 15) is 13.2 Å². The zero-order valence-electron chi connectivity index (χ0n) is 18.0. The molecule has 1 aliphatic rings. The first-order chi connectivity index (χ1) is 16.3. The molecule has 0 aliphatic heterocycles. The van der Waals surface area contributed by atoms with Gasteiger partial charge in [0, 0.05) is 24.6 Å². The fraction of sp³-hybridized carbons (Fsp3) is 0.304. The van der Waals surface area contributed by atoms with Crippen LogP contribution >= 0.6 is 23.2 Å². The van der Waals surface area contributed by atoms with Gasteiger partial charge in [-0.05, 0) is 49.9 Å². The fourth-order valence-corrected chi connectivity index (χ4v) is 4.33. The number of hydrogen-bond donors (Lipinski definition) is 0. The molecule has 176 valence electrons. The number of aryl methyl sites for hydroxylation is 1. The van der Waals surface area contributed by atoms with Crippen molar-refractivity contribution in [1.29, 1.82) is 0 Å². The fourth-order valence-electron chi connectivity index (χ4n) is 3.82. The average Bonchev–Trinajstić information content (AvgIpc) is 3.50. The largest absolute Gasteiger partial charge is 0.282 e. The molecule has 1 saturated carbocycles. The van der Waals surface area contributed by atoms with Crippen LogP contribution in [0.2, 0.25) is 10.0 Å². The number of aromatic nitrogens is 6. The third kappa shape index (κ3) is 4.42. The molecule has 3 aromatic heterocycles. The molecule has 1 aromatic carbocycles. The van der Waals surface area contributed by atoms with Crippen molar-refractivity contribution in [3.8, 4) is 17.1 Å². The molecule has 0 bridgehead atoms. The molecule has 0 saturated heterocycles. The number of benzene rings is 1. The summed E-state index contributed by atoms with van der Waals surface area (Å²) in [6, 6.07) is 7.67. The maximum absolute atomic E-state index is 13.6. The van der Waals surface area contributed by atoms with E-state index in [2.05, 4.69) is 15.1 Å². The minimum Gasteiger partial charge on any atom is -0.263 e. The number of hydrogen-bond acceptors (Lipinski definition) is 4. The number of rotatable bonds is 7. The van der Waals surface area contributed by atoms with Crippen molar-refractivity contribution in [2.45, 2.75) is 39.2 Å². The minimum atomic E-state index is -2.82. The Labute approximate surface area is 203 Å². The van der Waals surface area contributed by atoms with E-state index < -0.39 is 12.1 Å². The van der Waals surface area contributed by atoms with Crippen molar-refractivity contribution in [1.82, 2.24) is 29.5 Å². The first kappa shape index (κ1) is 22.9. The first-order valence-electron chi connectivity index (χ1n) is 10.7. The van der Waals surface area contributed by atoms with Crippen molar-refractivity contribution < 1.29 is 13.2 Å². The lowest BCUT2D eigenvalue weighted by Gasteiger charge is -2.07. The summed E-state index contributed by atoms with van der Waals surface area (Å²) >= 11 is 12.8. The Morgan fingerprint density at radius 2 is 1.79 bits per heavy atom. The Morgan fingerprint density at radius 3 is 2.47 bits per heavy atom. The van der Waals surface area contributed by atoms with E-state index in [1.807, 2.05) is 4.68 Å². The molecular formula is C23H19Cl2F3N6. The summed E-state index contributed by atoms with van der Waals surface area (Å²) < 4.78 is 43.5. The summed E-state index contributed by atoms with van der Waals surface area (Å²) in [5.74, 6) is 0.371. The first-order valence-corrected chi connectivity index (χ1v) is 11.4. The van der Waals surface area contributed by atoms with Gasteiger partial charge in [0.1, 0.15) is 17.8 Å². The van der Waals surface area contributed by atoms with Gasteiger partial charge in [-0.3, -0.25) is 4.68 Å². The zero-order chi connectivity index (χ0) is 24.0. The molecule has 0 unspecified atom stereocenters. The van der Waals surface area contributed by atoms with Gasteiger partial charge in [-0.1, -0.05) is 23.2 Å². The highest BCUT2D eigenvalue weighted by molar-refractivity contribution is 6.33. The summed E-state index contributed by atoms with van der Waals surface area (Å²) in [6.45, 7) is 2.26. The van der Waals surface area contributed by atoms with E-state index in [1.54, 1.807) is 25.1 Å². The topological polar surface area (TPSA) is 61.4 Å². The molecule has 1 fully saturated rings. The third-order valence-corrected chi connectivity index (χ3v) is 6.57. The van der Waals surface area contributed by atoms with Crippen LogP contribution in [0.15, 0.2) is 36.7 Å². The Kier molecular flexibility index (Phi) is 6.07. The van der Waals surface area contributed by atoms with E-state index in [0.29, 0.717) is 34.6 Å². The van der Waals surface area contributed by atoms with Crippen LogP contribution in [-0.2, 0) is 13.0 Å². The van der Waals surface area contributed by atoms with Gasteiger partial charge in [0.25, 0.3) is 6.43 Å². The van der Waals surface area contributed by atoms with E-state index in [1.165, 1.54) is 18.5 Å². The zero-order valence-corrected chi connectivity index (χ0v) is 19.5. The molecule has 6 nitrogen and oxygen atoms in total. The molecule has 0 atom stereocenters. The van der Waals surface area contributed by atoms with Gasteiger partial charge in [0.2, 0.25) is 0 Å². The normalized spacial score (nSPS) is 13.7. The molecule has 0 radical (unpaired) electrons. The van der Waals surface area contributed by atoms with Crippen LogP contribution in [-0.4, -0.2) is 29.5 Å². The Balaban J connectivity index is 1.51. The second kappa shape index (κ2) is 9.03. The molecule has 4 aromatic rings. The maximum Gasteiger partial charge on any atom is 0.282 e. The SMILES string of the molecule is Cc1nn(-c2cc(Cc3nn(CC4CC4)c(-c4ccc(F)cc4)c3Cl)ncn2)c(C(F)F)c1Cl. The monoisotopic (exact) mass is 506 g/mol. The van der Waals surface area contributed by atoms with Crippen molar-refractivity contribution in [2.75, 3.05) is 0 Å². The van der Waals surface area contributed by atoms with Crippen LogP contribution in [0.3, 0.4) is 0 Å². The summed E-state index contributed by atoms with van der Waals surface area (Å²) in [4.78, 5) is 8.37. The highest BCUT2D eigenvalue weighted by Crippen LogP contribution is 2.37. The second-order valence-electron chi connectivity index (χ2n) is 8.28. The second-order valence-corrected chi connectivity index (χ2v) is 9.04. The molecule has 34 heavy (non-hydrogen) atoms. The minimum absolute atomic E-state index is 0.0963. The number of halogens is 5. The van der Waals surface area contributed by atoms with Gasteiger partial charge in [-0.15, -0.1) is 0 Å². The molecule has 5 rings (SSSR count). The highest BCUT2D eigenvalue weighted by Gasteiger charge is 2.27. The Morgan fingerprint density at radius 1 is 1.06 bits per heavy atom. The van der Waals surface area contributed by atoms with Crippen LogP contribution < -0.4 is 0 Å². The van der Waals surface area contributed by atoms with Gasteiger partial charge in [0.05, 0.1) is 32.8 Å². The van der Waals surface area contributed by atoms with Crippen LogP contribution in [0.5, 0.6) is 0 Å². The Hall–Kier alpha value is -2.91. The van der Waals surface area contributed by atoms with E-state index in [0.717, 1.165) is 23.1 Å². The molecular weight excluding hydrogens is 488 g/mol. The Bertz CT molecular complexity index is 1350. The van der Waals surface area contributed by atoms with Gasteiger partial charge in [-0.2, -0.15) is 10.2 Å². The van der Waals surface area contributed by atoms with Gasteiger partial charge in [-0.25, -0.2) is 27.8 Å². The van der Waals surface area contributed by atoms with Crippen molar-refractivity contribution >= 4 is 23.2 Å². The van der Waals surface area contributed by atoms with E-state index in [-0.39, 0.29) is 28.8 Å². The molecule has 0 spiro atoms. The maximum atomic E-state index is 13.6. The summed E-state index contributed by atoms with van der Waals surface area (Å²) in [5, 5.41) is 9.17. The van der Waals surface area contributed by atoms with Gasteiger partial charge >= 0.3 is 0 Å². The smallest absolute Gasteiger partial charge is 0.263 e. The highest BCUT2D eigenvalue weighted by atomic mass is 35.5. The lowest BCUT2D eigenvalue weighted by Crippen LogP contribution is -2.07. The quantitative estimate of drug-likeness (QED) is 0.298. The van der Waals surface area contributed by atoms with E-state index >= 15 is 0 Å². The summed E-state index contributed by atoms with van der Waals surface area (Å²) in [7, 11) is 0. The van der Waals surface area contributed by atoms with Crippen molar-refractivity contribution in [2.24, 2.45) is 5.92 Å². The molecule has 0 N–H and O–H groups in total. The van der Waals surface area contributed by atoms with Crippen LogP contribution in [0.1, 0.15) is 42.0 Å². The third-order valence-electron chi connectivity index (χ3n) is 5.71. The lowest BCUT2D eigenvalue weighted by molar-refractivity contribution is 0.142. The van der Waals surface area contributed by atoms with Crippen LogP contribution in [0, 0.1) is 18.7 Å². The number of nitrogens with zero attached hydrogens (tertiary/aromatic N) is 6. The molecule has 1 aliphatic carbocycles. The van der Waals surface area contributed by atoms with E-state index in [4.69, 9.17) is 28.3 Å².